The van der Waals surface area contributed by atoms with Gasteiger partial charge in [-0.2, -0.15) is 0 Å². The lowest BCUT2D eigenvalue weighted by Crippen LogP contribution is -2.39. The first kappa shape index (κ1) is 18.5. The molecule has 0 spiro atoms. The highest BCUT2D eigenvalue weighted by Gasteiger charge is 2.22. The largest absolute Gasteiger partial charge is 0.493 e. The summed E-state index contributed by atoms with van der Waals surface area (Å²) in [4.78, 5) is 24.7. The van der Waals surface area contributed by atoms with Crippen molar-refractivity contribution in [3.8, 4) is 11.5 Å². The number of amides is 1. The summed E-state index contributed by atoms with van der Waals surface area (Å²) in [5, 5.41) is 13.8. The molecular weight excluding hydrogens is 350 g/mol. The van der Waals surface area contributed by atoms with E-state index in [2.05, 4.69) is 5.32 Å². The molecule has 0 atom stereocenters. The Morgan fingerprint density at radius 3 is 2.56 bits per heavy atom. The number of hydrogen-bond donors (Lipinski definition) is 1. The van der Waals surface area contributed by atoms with Crippen LogP contribution in [0.25, 0.3) is 0 Å². The molecule has 8 heteroatoms. The summed E-state index contributed by atoms with van der Waals surface area (Å²) in [5.74, 6) is 1.26. The van der Waals surface area contributed by atoms with Crippen LogP contribution in [0.5, 0.6) is 11.5 Å². The molecule has 3 rings (SSSR count). The minimum atomic E-state index is -0.462. The number of hydrogen-bond acceptors (Lipinski definition) is 6. The van der Waals surface area contributed by atoms with Crippen molar-refractivity contribution in [2.24, 2.45) is 0 Å². The number of anilines is 1. The van der Waals surface area contributed by atoms with Gasteiger partial charge in [0.2, 0.25) is 5.91 Å². The Labute approximate surface area is 156 Å². The third-order valence-corrected chi connectivity index (χ3v) is 4.57. The van der Waals surface area contributed by atoms with Crippen LogP contribution in [0.4, 0.5) is 11.4 Å². The van der Waals surface area contributed by atoms with E-state index < -0.39 is 4.92 Å². The molecule has 2 aromatic rings. The molecule has 27 heavy (non-hydrogen) atoms. The number of carbonyl (C=O) groups is 1. The maximum Gasteiger partial charge on any atom is 0.271 e. The summed E-state index contributed by atoms with van der Waals surface area (Å²) in [5.41, 5.74) is 2.70. The number of methoxy groups -OCH3 is 2. The van der Waals surface area contributed by atoms with Crippen LogP contribution in [-0.4, -0.2) is 43.0 Å². The molecule has 1 amide bonds. The molecule has 0 aromatic heterocycles. The number of ether oxygens (including phenoxy) is 2. The van der Waals surface area contributed by atoms with Crippen LogP contribution >= 0.6 is 0 Å². The van der Waals surface area contributed by atoms with Gasteiger partial charge in [-0.3, -0.25) is 14.9 Å². The van der Waals surface area contributed by atoms with E-state index in [0.29, 0.717) is 30.3 Å². The number of carbonyl (C=O) groups excluding carboxylic acids is 1. The fourth-order valence-corrected chi connectivity index (χ4v) is 3.11. The monoisotopic (exact) mass is 371 g/mol. The van der Waals surface area contributed by atoms with E-state index in [0.717, 1.165) is 17.5 Å². The first-order valence-electron chi connectivity index (χ1n) is 8.51. The topological polar surface area (TPSA) is 93.9 Å². The van der Waals surface area contributed by atoms with Crippen LogP contribution < -0.4 is 14.8 Å². The van der Waals surface area contributed by atoms with E-state index in [1.165, 1.54) is 12.1 Å². The molecule has 8 nitrogen and oxygen atoms in total. The molecule has 0 saturated heterocycles. The highest BCUT2D eigenvalue weighted by Crippen LogP contribution is 2.33. The zero-order valence-electron chi connectivity index (χ0n) is 15.2. The smallest absolute Gasteiger partial charge is 0.271 e. The van der Waals surface area contributed by atoms with Crippen molar-refractivity contribution in [1.82, 2.24) is 4.90 Å². The molecule has 1 heterocycles. The van der Waals surface area contributed by atoms with Gasteiger partial charge in [-0.05, 0) is 35.7 Å². The average molecular weight is 371 g/mol. The van der Waals surface area contributed by atoms with Crippen LogP contribution in [0, 0.1) is 10.1 Å². The molecule has 0 saturated carbocycles. The molecule has 1 aliphatic rings. The minimum absolute atomic E-state index is 0.0135. The van der Waals surface area contributed by atoms with Crippen molar-refractivity contribution in [2.45, 2.75) is 13.0 Å². The molecule has 142 valence electrons. The summed E-state index contributed by atoms with van der Waals surface area (Å²) in [6.07, 6.45) is 0.734. The van der Waals surface area contributed by atoms with Crippen LogP contribution in [-0.2, 0) is 17.8 Å². The number of nitrogens with zero attached hydrogens (tertiary/aromatic N) is 2. The van der Waals surface area contributed by atoms with Crippen molar-refractivity contribution in [2.75, 3.05) is 32.6 Å². The Balaban J connectivity index is 1.65. The van der Waals surface area contributed by atoms with Crippen LogP contribution in [0.3, 0.4) is 0 Å². The number of nitrogens with one attached hydrogen (secondary N) is 1. The van der Waals surface area contributed by atoms with Crippen LogP contribution in [0.2, 0.25) is 0 Å². The quantitative estimate of drug-likeness (QED) is 0.620. The summed E-state index contributed by atoms with van der Waals surface area (Å²) < 4.78 is 10.7. The van der Waals surface area contributed by atoms with Gasteiger partial charge in [-0.15, -0.1) is 0 Å². The molecule has 1 N–H and O–H groups in total. The van der Waals surface area contributed by atoms with Crippen molar-refractivity contribution in [3.63, 3.8) is 0 Å². The standard InChI is InChI=1S/C19H21N3O5/c1-26-17-8-13-6-7-21(12-14(13)9-18(17)27-2)19(23)11-20-15-4-3-5-16(10-15)22(24)25/h3-5,8-10,20H,6-7,11-12H2,1-2H3. The van der Waals surface area contributed by atoms with Gasteiger partial charge in [0.15, 0.2) is 11.5 Å². The van der Waals surface area contributed by atoms with E-state index in [9.17, 15) is 14.9 Å². The highest BCUT2D eigenvalue weighted by atomic mass is 16.6. The first-order chi connectivity index (χ1) is 13.0. The lowest BCUT2D eigenvalue weighted by Gasteiger charge is -2.30. The second kappa shape index (κ2) is 7.94. The normalized spacial score (nSPS) is 12.9. The third-order valence-electron chi connectivity index (χ3n) is 4.57. The number of nitro benzene ring substituents is 1. The highest BCUT2D eigenvalue weighted by molar-refractivity contribution is 5.81. The van der Waals surface area contributed by atoms with Crippen molar-refractivity contribution >= 4 is 17.3 Å². The van der Waals surface area contributed by atoms with Crippen molar-refractivity contribution < 1.29 is 19.2 Å². The second-order valence-electron chi connectivity index (χ2n) is 6.20. The van der Waals surface area contributed by atoms with Gasteiger partial charge in [-0.25, -0.2) is 0 Å². The summed E-state index contributed by atoms with van der Waals surface area (Å²) >= 11 is 0. The van der Waals surface area contributed by atoms with Crippen molar-refractivity contribution in [1.29, 1.82) is 0 Å². The van der Waals surface area contributed by atoms with E-state index in [1.807, 2.05) is 12.1 Å². The van der Waals surface area contributed by atoms with Crippen LogP contribution in [0.15, 0.2) is 36.4 Å². The zero-order valence-corrected chi connectivity index (χ0v) is 15.2. The van der Waals surface area contributed by atoms with Gasteiger partial charge in [0.05, 0.1) is 25.7 Å². The van der Waals surface area contributed by atoms with Crippen molar-refractivity contribution in [3.05, 3.63) is 57.6 Å². The van der Waals surface area contributed by atoms with Gasteiger partial charge < -0.3 is 19.7 Å². The molecule has 0 fully saturated rings. The fraction of sp³-hybridized carbons (Fsp3) is 0.316. The molecule has 1 aliphatic heterocycles. The predicted molar refractivity (Wildman–Crippen MR) is 100 cm³/mol. The molecule has 0 radical (unpaired) electrons. The molecule has 0 aliphatic carbocycles. The predicted octanol–water partition coefficient (Wildman–Crippen LogP) is 2.61. The van der Waals surface area contributed by atoms with Gasteiger partial charge in [0.1, 0.15) is 0 Å². The Bertz CT molecular complexity index is 868. The third kappa shape index (κ3) is 4.11. The van der Waals surface area contributed by atoms with E-state index in [4.69, 9.17) is 9.47 Å². The summed E-state index contributed by atoms with van der Waals surface area (Å²) in [6, 6.07) is 9.97. The lowest BCUT2D eigenvalue weighted by atomic mass is 9.98. The SMILES string of the molecule is COc1cc2c(cc1OC)CN(C(=O)CNc1cccc([N+](=O)[O-])c1)CC2. The number of benzene rings is 2. The average Bonchev–Trinajstić information content (AvgIpc) is 2.70. The van der Waals surface area contributed by atoms with Gasteiger partial charge in [0, 0.05) is 30.9 Å². The first-order valence-corrected chi connectivity index (χ1v) is 8.51. The second-order valence-corrected chi connectivity index (χ2v) is 6.20. The Morgan fingerprint density at radius 1 is 1.19 bits per heavy atom. The Hall–Kier alpha value is -3.29. The number of non-ortho nitro benzene ring substituents is 1. The maximum atomic E-state index is 12.6. The lowest BCUT2D eigenvalue weighted by molar-refractivity contribution is -0.384. The summed E-state index contributed by atoms with van der Waals surface area (Å²) in [7, 11) is 3.18. The van der Waals surface area contributed by atoms with E-state index >= 15 is 0 Å². The molecule has 2 aromatic carbocycles. The molecule has 0 bridgehead atoms. The van der Waals surface area contributed by atoms with E-state index in [-0.39, 0.29) is 18.1 Å². The molecular formula is C19H21N3O5. The van der Waals surface area contributed by atoms with Gasteiger partial charge in [-0.1, -0.05) is 6.07 Å². The number of rotatable bonds is 6. The minimum Gasteiger partial charge on any atom is -0.493 e. The number of fused-ring (bicyclic) bond motifs is 1. The van der Waals surface area contributed by atoms with Gasteiger partial charge in [0.25, 0.3) is 5.69 Å². The summed E-state index contributed by atoms with van der Waals surface area (Å²) in [6.45, 7) is 1.17. The Morgan fingerprint density at radius 2 is 1.89 bits per heavy atom. The van der Waals surface area contributed by atoms with Crippen LogP contribution in [0.1, 0.15) is 11.1 Å². The molecule has 0 unspecified atom stereocenters. The van der Waals surface area contributed by atoms with E-state index in [1.54, 1.807) is 31.3 Å². The number of nitro groups is 1. The van der Waals surface area contributed by atoms with Gasteiger partial charge >= 0.3 is 0 Å². The zero-order chi connectivity index (χ0) is 19.4. The Kier molecular flexibility index (Phi) is 5.44. The fourth-order valence-electron chi connectivity index (χ4n) is 3.11. The maximum absolute atomic E-state index is 12.6.